The van der Waals surface area contributed by atoms with Crippen molar-refractivity contribution in [2.45, 2.75) is 30.2 Å². The molecule has 0 spiro atoms. The van der Waals surface area contributed by atoms with E-state index in [1.807, 2.05) is 6.92 Å². The third-order valence-corrected chi connectivity index (χ3v) is 4.75. The molecule has 2 rings (SSSR count). The van der Waals surface area contributed by atoms with Gasteiger partial charge in [-0.1, -0.05) is 11.6 Å². The molecule has 21 heavy (non-hydrogen) atoms. The van der Waals surface area contributed by atoms with Crippen LogP contribution in [0.4, 0.5) is 0 Å². The Hall–Kier alpha value is -1.15. The van der Waals surface area contributed by atoms with Crippen LogP contribution in [0.2, 0.25) is 5.02 Å². The largest absolute Gasteiger partial charge is 0.379 e. The van der Waals surface area contributed by atoms with Crippen LogP contribution < -0.4 is 10.5 Å². The van der Waals surface area contributed by atoms with Crippen molar-refractivity contribution in [3.8, 4) is 0 Å². The highest BCUT2D eigenvalue weighted by atomic mass is 35.5. The van der Waals surface area contributed by atoms with Crippen molar-refractivity contribution in [2.24, 2.45) is 5.14 Å². The third-order valence-electron chi connectivity index (χ3n) is 3.35. The molecule has 3 N–H and O–H groups in total. The molecule has 1 aliphatic rings. The summed E-state index contributed by atoms with van der Waals surface area (Å²) in [6, 6.07) is 3.98. The van der Waals surface area contributed by atoms with E-state index >= 15 is 0 Å². The first-order valence-corrected chi connectivity index (χ1v) is 8.36. The molecule has 0 aliphatic carbocycles. The fourth-order valence-corrected chi connectivity index (χ4v) is 3.31. The monoisotopic (exact) mass is 332 g/mol. The third kappa shape index (κ3) is 3.94. The smallest absolute Gasteiger partial charge is 0.251 e. The summed E-state index contributed by atoms with van der Waals surface area (Å²) in [6.07, 6.45) is 1.66. The van der Waals surface area contributed by atoms with Gasteiger partial charge in [-0.25, -0.2) is 13.6 Å². The maximum Gasteiger partial charge on any atom is 0.251 e. The molecular weight excluding hydrogens is 316 g/mol. The van der Waals surface area contributed by atoms with E-state index in [0.29, 0.717) is 13.2 Å². The summed E-state index contributed by atoms with van der Waals surface area (Å²) in [7, 11) is -3.97. The van der Waals surface area contributed by atoms with Crippen molar-refractivity contribution in [1.29, 1.82) is 0 Å². The zero-order chi connectivity index (χ0) is 15.7. The Morgan fingerprint density at radius 2 is 2.19 bits per heavy atom. The van der Waals surface area contributed by atoms with Crippen LogP contribution in [0.15, 0.2) is 23.1 Å². The number of carbonyl (C=O) groups is 1. The Kier molecular flexibility index (Phi) is 4.57. The Morgan fingerprint density at radius 1 is 1.48 bits per heavy atom. The van der Waals surface area contributed by atoms with Gasteiger partial charge in [0.15, 0.2) is 0 Å². The van der Waals surface area contributed by atoms with Crippen LogP contribution in [-0.4, -0.2) is 33.1 Å². The predicted octanol–water partition coefficient (Wildman–Crippen LogP) is 1.29. The van der Waals surface area contributed by atoms with E-state index in [2.05, 4.69) is 5.32 Å². The van der Waals surface area contributed by atoms with Crippen molar-refractivity contribution < 1.29 is 17.9 Å². The molecule has 1 saturated heterocycles. The number of halogens is 1. The van der Waals surface area contributed by atoms with Gasteiger partial charge >= 0.3 is 0 Å². The summed E-state index contributed by atoms with van der Waals surface area (Å²) in [4.78, 5) is 12.0. The standard InChI is InChI=1S/C13H17ClN2O4S/c1-13(5-2-6-20-8-13)16-12(17)9-3-4-10(14)11(7-9)21(15,18)19/h3-4,7H,2,5-6,8H2,1H3,(H,16,17)(H2,15,18,19). The van der Waals surface area contributed by atoms with Gasteiger partial charge in [0.2, 0.25) is 10.0 Å². The van der Waals surface area contributed by atoms with Crippen LogP contribution in [0.3, 0.4) is 0 Å². The van der Waals surface area contributed by atoms with Crippen LogP contribution in [0.1, 0.15) is 30.1 Å². The topological polar surface area (TPSA) is 98.5 Å². The zero-order valence-electron chi connectivity index (χ0n) is 11.6. The second-order valence-corrected chi connectivity index (χ2v) is 7.30. The lowest BCUT2D eigenvalue weighted by Gasteiger charge is -2.34. The van der Waals surface area contributed by atoms with Crippen molar-refractivity contribution in [3.63, 3.8) is 0 Å². The number of nitrogens with two attached hydrogens (primary N) is 1. The van der Waals surface area contributed by atoms with Crippen molar-refractivity contribution >= 4 is 27.5 Å². The first-order chi connectivity index (χ1) is 9.71. The summed E-state index contributed by atoms with van der Waals surface area (Å²) < 4.78 is 28.2. The molecule has 0 radical (unpaired) electrons. The molecule has 1 unspecified atom stereocenters. The molecule has 1 atom stereocenters. The Balaban J connectivity index is 2.24. The molecule has 6 nitrogen and oxygen atoms in total. The van der Waals surface area contributed by atoms with Gasteiger partial charge in [-0.3, -0.25) is 4.79 Å². The van der Waals surface area contributed by atoms with Crippen LogP contribution in [-0.2, 0) is 14.8 Å². The van der Waals surface area contributed by atoms with Gasteiger partial charge in [0.05, 0.1) is 17.2 Å². The number of hydrogen-bond acceptors (Lipinski definition) is 4. The van der Waals surface area contributed by atoms with E-state index in [9.17, 15) is 13.2 Å². The lowest BCUT2D eigenvalue weighted by atomic mass is 9.94. The van der Waals surface area contributed by atoms with Crippen LogP contribution >= 0.6 is 11.6 Å². The second-order valence-electron chi connectivity index (χ2n) is 5.36. The minimum Gasteiger partial charge on any atom is -0.379 e. The van der Waals surface area contributed by atoms with Crippen molar-refractivity contribution in [3.05, 3.63) is 28.8 Å². The van der Waals surface area contributed by atoms with E-state index in [1.165, 1.54) is 18.2 Å². The average molecular weight is 333 g/mol. The number of rotatable bonds is 3. The Bertz CT molecular complexity index is 654. The predicted molar refractivity (Wildman–Crippen MR) is 78.7 cm³/mol. The molecule has 0 saturated carbocycles. The molecule has 1 heterocycles. The van der Waals surface area contributed by atoms with Crippen molar-refractivity contribution in [2.75, 3.05) is 13.2 Å². The highest BCUT2D eigenvalue weighted by Gasteiger charge is 2.30. The Labute approximate surface area is 128 Å². The molecule has 1 aliphatic heterocycles. The quantitative estimate of drug-likeness (QED) is 0.871. The van der Waals surface area contributed by atoms with Gasteiger partial charge < -0.3 is 10.1 Å². The highest BCUT2D eigenvalue weighted by molar-refractivity contribution is 7.89. The number of carbonyl (C=O) groups excluding carboxylic acids is 1. The maximum absolute atomic E-state index is 12.3. The first-order valence-electron chi connectivity index (χ1n) is 6.44. The van der Waals surface area contributed by atoms with E-state index in [1.54, 1.807) is 0 Å². The molecule has 1 aromatic rings. The van der Waals surface area contributed by atoms with Crippen LogP contribution in [0, 0.1) is 0 Å². The molecular formula is C13H17ClN2O4S. The number of primary sulfonamides is 1. The Morgan fingerprint density at radius 3 is 2.76 bits per heavy atom. The van der Waals surface area contributed by atoms with E-state index < -0.39 is 15.6 Å². The molecule has 0 bridgehead atoms. The lowest BCUT2D eigenvalue weighted by Crippen LogP contribution is -2.51. The number of amides is 1. The number of hydrogen-bond donors (Lipinski definition) is 2. The molecule has 1 amide bonds. The fraction of sp³-hybridized carbons (Fsp3) is 0.462. The van der Waals surface area contributed by atoms with Gasteiger partial charge in [-0.05, 0) is 38.0 Å². The van der Waals surface area contributed by atoms with Crippen LogP contribution in [0.5, 0.6) is 0 Å². The summed E-state index contributed by atoms with van der Waals surface area (Å²) >= 11 is 5.79. The normalized spacial score (nSPS) is 22.8. The highest BCUT2D eigenvalue weighted by Crippen LogP contribution is 2.23. The molecule has 1 aromatic carbocycles. The lowest BCUT2D eigenvalue weighted by molar-refractivity contribution is 0.0272. The van der Waals surface area contributed by atoms with Gasteiger partial charge in [0.25, 0.3) is 5.91 Å². The number of sulfonamides is 1. The molecule has 0 aromatic heterocycles. The van der Waals surface area contributed by atoms with Crippen molar-refractivity contribution in [1.82, 2.24) is 5.32 Å². The summed E-state index contributed by atoms with van der Waals surface area (Å²) in [5, 5.41) is 7.93. The fourth-order valence-electron chi connectivity index (χ4n) is 2.24. The van der Waals surface area contributed by atoms with Gasteiger partial charge in [0, 0.05) is 12.2 Å². The number of nitrogens with one attached hydrogen (secondary N) is 1. The van der Waals surface area contributed by atoms with E-state index in [-0.39, 0.29) is 21.4 Å². The minimum absolute atomic E-state index is 0.0127. The number of benzene rings is 1. The minimum atomic E-state index is -3.97. The van der Waals surface area contributed by atoms with Gasteiger partial charge in [-0.2, -0.15) is 0 Å². The summed E-state index contributed by atoms with van der Waals surface area (Å²) in [5.41, 5.74) is -0.272. The molecule has 8 heteroatoms. The second kappa shape index (κ2) is 5.92. The zero-order valence-corrected chi connectivity index (χ0v) is 13.1. The van der Waals surface area contributed by atoms with Gasteiger partial charge in [0.1, 0.15) is 4.90 Å². The maximum atomic E-state index is 12.3. The SMILES string of the molecule is CC1(NC(=O)c2ccc(Cl)c(S(N)(=O)=O)c2)CCCOC1. The van der Waals surface area contributed by atoms with E-state index in [0.717, 1.165) is 12.8 Å². The molecule has 1 fully saturated rings. The molecule has 116 valence electrons. The van der Waals surface area contributed by atoms with E-state index in [4.69, 9.17) is 21.5 Å². The van der Waals surface area contributed by atoms with Gasteiger partial charge in [-0.15, -0.1) is 0 Å². The first kappa shape index (κ1) is 16.2. The average Bonchev–Trinajstić information content (AvgIpc) is 2.38. The number of ether oxygens (including phenoxy) is 1. The summed E-state index contributed by atoms with van der Waals surface area (Å²) in [5.74, 6) is -0.385. The van der Waals surface area contributed by atoms with Crippen LogP contribution in [0.25, 0.3) is 0 Å². The summed E-state index contributed by atoms with van der Waals surface area (Å²) in [6.45, 7) is 3.00.